The van der Waals surface area contributed by atoms with Gasteiger partial charge in [0.1, 0.15) is 0 Å². The van der Waals surface area contributed by atoms with Gasteiger partial charge in [-0.3, -0.25) is 19.3 Å². The van der Waals surface area contributed by atoms with Crippen LogP contribution in [0.25, 0.3) is 0 Å². The second-order valence-electron chi connectivity index (χ2n) is 6.71. The second-order valence-corrected chi connectivity index (χ2v) is 6.71. The molecule has 3 rings (SSSR count). The molecule has 1 aromatic rings. The molecule has 1 fully saturated rings. The van der Waals surface area contributed by atoms with Gasteiger partial charge in [-0.2, -0.15) is 0 Å². The van der Waals surface area contributed by atoms with Gasteiger partial charge in [0, 0.05) is 25.6 Å². The van der Waals surface area contributed by atoms with E-state index in [-0.39, 0.29) is 30.7 Å². The summed E-state index contributed by atoms with van der Waals surface area (Å²) in [7, 11) is 0. The van der Waals surface area contributed by atoms with E-state index < -0.39 is 0 Å². The molecule has 5 heteroatoms. The molecule has 0 radical (unpaired) electrons. The maximum absolute atomic E-state index is 12.5. The van der Waals surface area contributed by atoms with Gasteiger partial charge in [-0.1, -0.05) is 18.6 Å². The Hall–Kier alpha value is -2.17. The van der Waals surface area contributed by atoms with Gasteiger partial charge in [0.25, 0.3) is 11.8 Å². The Balaban J connectivity index is 1.66. The van der Waals surface area contributed by atoms with Gasteiger partial charge in [0.15, 0.2) is 0 Å². The lowest BCUT2D eigenvalue weighted by Gasteiger charge is -2.35. The van der Waals surface area contributed by atoms with Crippen molar-refractivity contribution in [3.63, 3.8) is 0 Å². The van der Waals surface area contributed by atoms with Gasteiger partial charge in [0.2, 0.25) is 5.91 Å². The minimum absolute atomic E-state index is 0.0503. The van der Waals surface area contributed by atoms with Crippen LogP contribution in [0.5, 0.6) is 0 Å². The zero-order chi connectivity index (χ0) is 17.3. The highest BCUT2D eigenvalue weighted by molar-refractivity contribution is 6.21. The van der Waals surface area contributed by atoms with Gasteiger partial charge < -0.3 is 4.90 Å². The van der Waals surface area contributed by atoms with Crippen molar-refractivity contribution in [3.8, 4) is 0 Å². The molecule has 1 unspecified atom stereocenters. The third-order valence-electron chi connectivity index (χ3n) is 5.09. The average molecular weight is 328 g/mol. The summed E-state index contributed by atoms with van der Waals surface area (Å²) < 4.78 is 0. The van der Waals surface area contributed by atoms with Crippen LogP contribution in [0.15, 0.2) is 18.2 Å². The standard InChI is InChI=1S/C19H24N2O3/c1-3-14-6-4-5-10-20(14)17(22)9-11-21-18(23)15-8-7-13(2)12-16(15)19(21)24/h7-8,12,14H,3-6,9-11H2,1-2H3. The average Bonchev–Trinajstić information content (AvgIpc) is 2.83. The SMILES string of the molecule is CCC1CCCCN1C(=O)CCN1C(=O)c2ccc(C)cc2C1=O. The first-order valence-corrected chi connectivity index (χ1v) is 8.79. The van der Waals surface area contributed by atoms with Crippen molar-refractivity contribution in [2.75, 3.05) is 13.1 Å². The summed E-state index contributed by atoms with van der Waals surface area (Å²) in [5.41, 5.74) is 1.85. The Labute approximate surface area is 142 Å². The molecule has 1 saturated heterocycles. The Morgan fingerprint density at radius 3 is 2.67 bits per heavy atom. The first-order valence-electron chi connectivity index (χ1n) is 8.79. The minimum Gasteiger partial charge on any atom is -0.340 e. The number of hydrogen-bond acceptors (Lipinski definition) is 3. The lowest BCUT2D eigenvalue weighted by molar-refractivity contribution is -0.135. The highest BCUT2D eigenvalue weighted by Crippen LogP contribution is 2.25. The lowest BCUT2D eigenvalue weighted by atomic mass is 9.99. The van der Waals surface area contributed by atoms with E-state index in [0.717, 1.165) is 31.4 Å². The number of nitrogens with zero attached hydrogens (tertiary/aromatic N) is 2. The highest BCUT2D eigenvalue weighted by atomic mass is 16.2. The monoisotopic (exact) mass is 328 g/mol. The van der Waals surface area contributed by atoms with Crippen LogP contribution in [0.2, 0.25) is 0 Å². The van der Waals surface area contributed by atoms with Gasteiger partial charge in [-0.25, -0.2) is 0 Å². The van der Waals surface area contributed by atoms with Crippen LogP contribution in [0.4, 0.5) is 0 Å². The topological polar surface area (TPSA) is 57.7 Å². The zero-order valence-electron chi connectivity index (χ0n) is 14.4. The van der Waals surface area contributed by atoms with E-state index in [9.17, 15) is 14.4 Å². The molecular weight excluding hydrogens is 304 g/mol. The summed E-state index contributed by atoms with van der Waals surface area (Å²) in [6, 6.07) is 5.58. The summed E-state index contributed by atoms with van der Waals surface area (Å²) in [6.45, 7) is 4.95. The molecule has 1 atom stereocenters. The third kappa shape index (κ3) is 2.95. The summed E-state index contributed by atoms with van der Waals surface area (Å²) in [4.78, 5) is 40.5. The van der Waals surface area contributed by atoms with Gasteiger partial charge >= 0.3 is 0 Å². The first-order chi connectivity index (χ1) is 11.5. The molecule has 1 aromatic carbocycles. The Morgan fingerprint density at radius 2 is 1.92 bits per heavy atom. The van der Waals surface area contributed by atoms with Crippen molar-refractivity contribution in [2.24, 2.45) is 0 Å². The van der Waals surface area contributed by atoms with Crippen LogP contribution >= 0.6 is 0 Å². The zero-order valence-corrected chi connectivity index (χ0v) is 14.4. The number of carbonyl (C=O) groups excluding carboxylic acids is 3. The predicted molar refractivity (Wildman–Crippen MR) is 90.8 cm³/mol. The summed E-state index contributed by atoms with van der Waals surface area (Å²) in [5.74, 6) is -0.514. The minimum atomic E-state index is -0.284. The van der Waals surface area contributed by atoms with Crippen molar-refractivity contribution in [2.45, 2.75) is 52.0 Å². The predicted octanol–water partition coefficient (Wildman–Crippen LogP) is 2.77. The van der Waals surface area contributed by atoms with Crippen LogP contribution in [0.3, 0.4) is 0 Å². The van der Waals surface area contributed by atoms with Crippen LogP contribution in [-0.4, -0.2) is 46.7 Å². The van der Waals surface area contributed by atoms with Crippen LogP contribution < -0.4 is 0 Å². The molecule has 24 heavy (non-hydrogen) atoms. The molecule has 2 aliphatic rings. The van der Waals surface area contributed by atoms with Crippen molar-refractivity contribution >= 4 is 17.7 Å². The van der Waals surface area contributed by atoms with E-state index in [1.807, 2.05) is 17.9 Å². The molecule has 128 valence electrons. The van der Waals surface area contributed by atoms with Crippen LogP contribution in [-0.2, 0) is 4.79 Å². The number of likely N-dealkylation sites (tertiary alicyclic amines) is 1. The molecule has 0 bridgehead atoms. The van der Waals surface area contributed by atoms with Crippen molar-refractivity contribution in [1.82, 2.24) is 9.80 Å². The fourth-order valence-corrected chi connectivity index (χ4v) is 3.71. The molecule has 0 aromatic heterocycles. The normalized spacial score (nSPS) is 20.5. The second kappa shape index (κ2) is 6.75. The number of aryl methyl sites for hydroxylation is 1. The molecular formula is C19H24N2O3. The van der Waals surface area contributed by atoms with Gasteiger partial charge in [-0.05, 0) is 44.7 Å². The van der Waals surface area contributed by atoms with Crippen LogP contribution in [0, 0.1) is 6.92 Å². The lowest BCUT2D eigenvalue weighted by Crippen LogP contribution is -2.44. The van der Waals surface area contributed by atoms with E-state index >= 15 is 0 Å². The Morgan fingerprint density at radius 1 is 1.17 bits per heavy atom. The van der Waals surface area contributed by atoms with Gasteiger partial charge in [-0.15, -0.1) is 0 Å². The molecule has 0 saturated carbocycles. The van der Waals surface area contributed by atoms with E-state index in [4.69, 9.17) is 0 Å². The molecule has 5 nitrogen and oxygen atoms in total. The van der Waals surface area contributed by atoms with Crippen molar-refractivity contribution < 1.29 is 14.4 Å². The Kier molecular flexibility index (Phi) is 4.69. The van der Waals surface area contributed by atoms with Gasteiger partial charge in [0.05, 0.1) is 11.1 Å². The molecule has 0 aliphatic carbocycles. The molecule has 2 heterocycles. The quantitative estimate of drug-likeness (QED) is 0.799. The first kappa shape index (κ1) is 16.7. The number of carbonyl (C=O) groups is 3. The molecule has 3 amide bonds. The maximum Gasteiger partial charge on any atom is 0.261 e. The van der Waals surface area contributed by atoms with E-state index in [0.29, 0.717) is 17.2 Å². The smallest absolute Gasteiger partial charge is 0.261 e. The number of fused-ring (bicyclic) bond motifs is 1. The number of imide groups is 1. The van der Waals surface area contributed by atoms with Crippen LogP contribution in [0.1, 0.15) is 65.3 Å². The third-order valence-corrected chi connectivity index (χ3v) is 5.09. The fourth-order valence-electron chi connectivity index (χ4n) is 3.71. The number of amides is 3. The highest BCUT2D eigenvalue weighted by Gasteiger charge is 2.36. The number of benzene rings is 1. The Bertz CT molecular complexity index is 683. The van der Waals surface area contributed by atoms with Crippen molar-refractivity contribution in [1.29, 1.82) is 0 Å². The molecule has 0 spiro atoms. The summed E-state index contributed by atoms with van der Waals surface area (Å²) >= 11 is 0. The molecule has 0 N–H and O–H groups in total. The molecule has 2 aliphatic heterocycles. The summed E-state index contributed by atoms with van der Waals surface area (Å²) in [6.07, 6.45) is 4.42. The van der Waals surface area contributed by atoms with E-state index in [2.05, 4.69) is 6.92 Å². The number of piperidine rings is 1. The van der Waals surface area contributed by atoms with E-state index in [1.54, 1.807) is 12.1 Å². The largest absolute Gasteiger partial charge is 0.340 e. The number of rotatable bonds is 4. The number of hydrogen-bond donors (Lipinski definition) is 0. The van der Waals surface area contributed by atoms with Crippen molar-refractivity contribution in [3.05, 3.63) is 34.9 Å². The maximum atomic E-state index is 12.5. The van der Waals surface area contributed by atoms with E-state index in [1.165, 1.54) is 11.3 Å². The fraction of sp³-hybridized carbons (Fsp3) is 0.526. The summed E-state index contributed by atoms with van der Waals surface area (Å²) in [5, 5.41) is 0.